The van der Waals surface area contributed by atoms with Crippen molar-refractivity contribution in [3.63, 3.8) is 0 Å². The molecule has 0 bridgehead atoms. The lowest BCUT2D eigenvalue weighted by Gasteiger charge is -2.26. The van der Waals surface area contributed by atoms with E-state index in [9.17, 15) is 0 Å². The fourth-order valence-electron chi connectivity index (χ4n) is 2.78. The molecule has 1 aromatic heterocycles. The van der Waals surface area contributed by atoms with E-state index in [4.69, 9.17) is 14.2 Å². The fourth-order valence-corrected chi connectivity index (χ4v) is 2.78. The van der Waals surface area contributed by atoms with Gasteiger partial charge in [-0.15, -0.1) is 0 Å². The smallest absolute Gasteiger partial charge is 0.164 e. The van der Waals surface area contributed by atoms with Crippen LogP contribution in [0.3, 0.4) is 0 Å². The van der Waals surface area contributed by atoms with E-state index in [1.54, 1.807) is 20.4 Å². The zero-order chi connectivity index (χ0) is 14.7. The van der Waals surface area contributed by atoms with Crippen LogP contribution in [0.2, 0.25) is 0 Å². The van der Waals surface area contributed by atoms with Crippen molar-refractivity contribution in [2.75, 3.05) is 20.8 Å². The van der Waals surface area contributed by atoms with E-state index >= 15 is 0 Å². The van der Waals surface area contributed by atoms with E-state index in [-0.39, 0.29) is 0 Å². The maximum absolute atomic E-state index is 5.91. The van der Waals surface area contributed by atoms with Gasteiger partial charge in [-0.25, -0.2) is 0 Å². The van der Waals surface area contributed by atoms with Gasteiger partial charge < -0.3 is 14.2 Å². The first-order valence-electron chi connectivity index (χ1n) is 7.08. The molecule has 0 saturated carbocycles. The number of benzene rings is 1. The average Bonchev–Trinajstić information content (AvgIpc) is 2.54. The number of pyridine rings is 1. The molecule has 0 radical (unpaired) electrons. The summed E-state index contributed by atoms with van der Waals surface area (Å²) in [7, 11) is 3.35. The molecule has 1 aliphatic heterocycles. The summed E-state index contributed by atoms with van der Waals surface area (Å²) in [5, 5.41) is 0. The Hall–Kier alpha value is -2.23. The van der Waals surface area contributed by atoms with E-state index in [0.29, 0.717) is 12.5 Å². The van der Waals surface area contributed by atoms with Crippen LogP contribution in [0.4, 0.5) is 0 Å². The maximum atomic E-state index is 5.91. The van der Waals surface area contributed by atoms with Crippen molar-refractivity contribution in [1.29, 1.82) is 0 Å². The van der Waals surface area contributed by atoms with Gasteiger partial charge >= 0.3 is 0 Å². The lowest BCUT2D eigenvalue weighted by atomic mass is 9.92. The monoisotopic (exact) mass is 285 g/mol. The number of nitrogens with zero attached hydrogens (tertiary/aromatic N) is 1. The summed E-state index contributed by atoms with van der Waals surface area (Å²) >= 11 is 0. The molecule has 0 amide bonds. The molecule has 4 nitrogen and oxygen atoms in total. The molecule has 1 atom stereocenters. The van der Waals surface area contributed by atoms with Crippen LogP contribution in [0, 0.1) is 5.92 Å². The first kappa shape index (κ1) is 13.7. The number of hydrogen-bond donors (Lipinski definition) is 0. The van der Waals surface area contributed by atoms with Crippen molar-refractivity contribution in [2.24, 2.45) is 5.92 Å². The Balaban J connectivity index is 1.78. The largest absolute Gasteiger partial charge is 0.495 e. The summed E-state index contributed by atoms with van der Waals surface area (Å²) in [4.78, 5) is 4.43. The maximum Gasteiger partial charge on any atom is 0.164 e. The molecule has 0 aliphatic carbocycles. The van der Waals surface area contributed by atoms with Crippen molar-refractivity contribution < 1.29 is 14.2 Å². The topological polar surface area (TPSA) is 40.6 Å². The third-order valence-corrected chi connectivity index (χ3v) is 3.80. The van der Waals surface area contributed by atoms with Gasteiger partial charge in [0.2, 0.25) is 0 Å². The Morgan fingerprint density at radius 3 is 2.76 bits per heavy atom. The van der Waals surface area contributed by atoms with Crippen molar-refractivity contribution in [1.82, 2.24) is 4.98 Å². The Bertz CT molecular complexity index is 627. The molecular formula is C17H19NO3. The predicted molar refractivity (Wildman–Crippen MR) is 80.2 cm³/mol. The van der Waals surface area contributed by atoms with Crippen LogP contribution in [-0.4, -0.2) is 25.8 Å². The van der Waals surface area contributed by atoms with Gasteiger partial charge in [0.25, 0.3) is 0 Å². The van der Waals surface area contributed by atoms with Gasteiger partial charge in [0.15, 0.2) is 11.5 Å². The molecule has 4 heteroatoms. The summed E-state index contributed by atoms with van der Waals surface area (Å²) in [6, 6.07) is 9.87. The molecular weight excluding hydrogens is 266 g/mol. The summed E-state index contributed by atoms with van der Waals surface area (Å²) < 4.78 is 16.6. The van der Waals surface area contributed by atoms with Crippen LogP contribution in [-0.2, 0) is 12.8 Å². The highest BCUT2D eigenvalue weighted by atomic mass is 16.5. The van der Waals surface area contributed by atoms with Gasteiger partial charge in [0.1, 0.15) is 5.75 Å². The minimum Gasteiger partial charge on any atom is -0.495 e. The van der Waals surface area contributed by atoms with E-state index in [1.807, 2.05) is 24.3 Å². The summed E-state index contributed by atoms with van der Waals surface area (Å²) in [5.41, 5.74) is 2.18. The van der Waals surface area contributed by atoms with Crippen LogP contribution in [0.5, 0.6) is 17.2 Å². The minimum absolute atomic E-state index is 0.397. The van der Waals surface area contributed by atoms with E-state index < -0.39 is 0 Å². The second-order valence-electron chi connectivity index (χ2n) is 5.19. The molecule has 110 valence electrons. The van der Waals surface area contributed by atoms with E-state index in [2.05, 4.69) is 11.1 Å². The third-order valence-electron chi connectivity index (χ3n) is 3.80. The van der Waals surface area contributed by atoms with Gasteiger partial charge in [-0.1, -0.05) is 12.1 Å². The fraction of sp³-hybridized carbons (Fsp3) is 0.353. The van der Waals surface area contributed by atoms with Gasteiger partial charge in [0, 0.05) is 12.1 Å². The van der Waals surface area contributed by atoms with Crippen LogP contribution in [0.15, 0.2) is 36.5 Å². The molecule has 0 N–H and O–H groups in total. The lowest BCUT2D eigenvalue weighted by Crippen LogP contribution is -2.23. The number of fused-ring (bicyclic) bond motifs is 1. The van der Waals surface area contributed by atoms with Gasteiger partial charge in [-0.2, -0.15) is 0 Å². The first-order valence-corrected chi connectivity index (χ1v) is 7.08. The van der Waals surface area contributed by atoms with Gasteiger partial charge in [0.05, 0.1) is 26.5 Å². The summed E-state index contributed by atoms with van der Waals surface area (Å²) in [5.74, 6) is 2.92. The first-order chi connectivity index (χ1) is 10.3. The number of para-hydroxylation sites is 1. The number of methoxy groups -OCH3 is 2. The predicted octanol–water partition coefficient (Wildman–Crippen LogP) is 2.89. The molecule has 2 heterocycles. The van der Waals surface area contributed by atoms with Crippen LogP contribution in [0.25, 0.3) is 0 Å². The Labute approximate surface area is 124 Å². The van der Waals surface area contributed by atoms with Crippen LogP contribution >= 0.6 is 0 Å². The number of rotatable bonds is 4. The Kier molecular flexibility index (Phi) is 3.95. The SMILES string of the molecule is COc1cccnc1CC1COc2c(cccc2OC)C1. The number of hydrogen-bond acceptors (Lipinski definition) is 4. The second kappa shape index (κ2) is 6.04. The van der Waals surface area contributed by atoms with Gasteiger partial charge in [-0.05, 0) is 36.6 Å². The number of ether oxygens (including phenoxy) is 3. The zero-order valence-corrected chi connectivity index (χ0v) is 12.3. The molecule has 3 rings (SSSR count). The van der Waals surface area contributed by atoms with Crippen LogP contribution < -0.4 is 14.2 Å². The molecule has 1 aliphatic rings. The van der Waals surface area contributed by atoms with Crippen LogP contribution in [0.1, 0.15) is 11.3 Å². The summed E-state index contributed by atoms with van der Waals surface area (Å²) in [6.45, 7) is 0.674. The van der Waals surface area contributed by atoms with Crippen molar-refractivity contribution in [3.05, 3.63) is 47.8 Å². The quantitative estimate of drug-likeness (QED) is 0.866. The Morgan fingerprint density at radius 2 is 1.95 bits per heavy atom. The minimum atomic E-state index is 0.397. The molecule has 21 heavy (non-hydrogen) atoms. The molecule has 0 spiro atoms. The molecule has 1 unspecified atom stereocenters. The summed E-state index contributed by atoms with van der Waals surface area (Å²) in [6.07, 6.45) is 3.62. The van der Waals surface area contributed by atoms with E-state index in [1.165, 1.54) is 5.56 Å². The van der Waals surface area contributed by atoms with Crippen molar-refractivity contribution in [2.45, 2.75) is 12.8 Å². The van der Waals surface area contributed by atoms with E-state index in [0.717, 1.165) is 35.8 Å². The number of aromatic nitrogens is 1. The molecule has 2 aromatic rings. The highest BCUT2D eigenvalue weighted by Gasteiger charge is 2.24. The molecule has 0 saturated heterocycles. The standard InChI is InChI=1S/C17H19NO3/c1-19-15-7-4-8-18-14(15)10-12-9-13-5-3-6-16(20-2)17(13)21-11-12/h3-8,12H,9-11H2,1-2H3. The average molecular weight is 285 g/mol. The molecule has 1 aromatic carbocycles. The Morgan fingerprint density at radius 1 is 1.14 bits per heavy atom. The molecule has 0 fully saturated rings. The van der Waals surface area contributed by atoms with Gasteiger partial charge in [-0.3, -0.25) is 4.98 Å². The van der Waals surface area contributed by atoms with Crippen molar-refractivity contribution >= 4 is 0 Å². The van der Waals surface area contributed by atoms with Crippen molar-refractivity contribution in [3.8, 4) is 17.2 Å². The highest BCUT2D eigenvalue weighted by molar-refractivity contribution is 5.47. The highest BCUT2D eigenvalue weighted by Crippen LogP contribution is 2.37. The second-order valence-corrected chi connectivity index (χ2v) is 5.19. The lowest BCUT2D eigenvalue weighted by molar-refractivity contribution is 0.209. The zero-order valence-electron chi connectivity index (χ0n) is 12.3. The normalized spacial score (nSPS) is 16.8. The third kappa shape index (κ3) is 2.79.